The van der Waals surface area contributed by atoms with Crippen molar-refractivity contribution in [1.29, 1.82) is 10.5 Å². The van der Waals surface area contributed by atoms with Gasteiger partial charge in [0, 0.05) is 43.4 Å². The summed E-state index contributed by atoms with van der Waals surface area (Å²) in [7, 11) is 1.67. The van der Waals surface area contributed by atoms with E-state index in [0.29, 0.717) is 29.8 Å². The van der Waals surface area contributed by atoms with Gasteiger partial charge >= 0.3 is 0 Å². The molecule has 0 bridgehead atoms. The average molecular weight is 372 g/mol. The molecule has 1 N–H and O–H groups in total. The van der Waals surface area contributed by atoms with Crippen LogP contribution < -0.4 is 5.32 Å². The second-order valence-electron chi connectivity index (χ2n) is 7.24. The molecule has 1 saturated heterocycles. The topological polar surface area (TPSA) is 89.2 Å². The van der Waals surface area contributed by atoms with Crippen LogP contribution in [-0.2, 0) is 11.3 Å². The Bertz CT molecular complexity index is 1020. The summed E-state index contributed by atoms with van der Waals surface area (Å²) in [5, 5.41) is 22.2. The Labute approximate surface area is 163 Å². The van der Waals surface area contributed by atoms with Crippen LogP contribution >= 0.6 is 0 Å². The maximum atomic E-state index is 13.1. The Balaban J connectivity index is 1.67. The van der Waals surface area contributed by atoms with Gasteiger partial charge in [-0.25, -0.2) is 0 Å². The van der Waals surface area contributed by atoms with E-state index in [1.807, 2.05) is 23.1 Å². The van der Waals surface area contributed by atoms with Crippen molar-refractivity contribution in [1.82, 2.24) is 10.2 Å². The van der Waals surface area contributed by atoms with E-state index < -0.39 is 0 Å². The van der Waals surface area contributed by atoms with Gasteiger partial charge < -0.3 is 15.0 Å². The highest BCUT2D eigenvalue weighted by molar-refractivity contribution is 6.00. The molecule has 28 heavy (non-hydrogen) atoms. The van der Waals surface area contributed by atoms with Crippen LogP contribution in [0.3, 0.4) is 0 Å². The lowest BCUT2D eigenvalue weighted by Gasteiger charge is -2.23. The van der Waals surface area contributed by atoms with Gasteiger partial charge in [0.15, 0.2) is 0 Å². The summed E-state index contributed by atoms with van der Waals surface area (Å²) in [4.78, 5) is 15.0. The van der Waals surface area contributed by atoms with Crippen LogP contribution in [0.1, 0.15) is 33.5 Å². The summed E-state index contributed by atoms with van der Waals surface area (Å²) in [5.74, 6) is -0.0327. The van der Waals surface area contributed by atoms with Crippen molar-refractivity contribution in [2.24, 2.45) is 0 Å². The summed E-state index contributed by atoms with van der Waals surface area (Å²) >= 11 is 0. The van der Waals surface area contributed by atoms with E-state index in [1.54, 1.807) is 25.3 Å². The Kier molecular flexibility index (Phi) is 4.83. The third-order valence-electron chi connectivity index (χ3n) is 5.52. The van der Waals surface area contributed by atoms with Crippen molar-refractivity contribution in [3.05, 3.63) is 58.7 Å². The van der Waals surface area contributed by atoms with E-state index in [-0.39, 0.29) is 18.0 Å². The van der Waals surface area contributed by atoms with Crippen molar-refractivity contribution < 1.29 is 9.53 Å². The predicted molar refractivity (Wildman–Crippen MR) is 103 cm³/mol. The van der Waals surface area contributed by atoms with Crippen molar-refractivity contribution in [2.75, 3.05) is 20.3 Å². The molecule has 2 aliphatic heterocycles. The second-order valence-corrected chi connectivity index (χ2v) is 7.24. The molecule has 2 atom stereocenters. The molecule has 6 nitrogen and oxygen atoms in total. The van der Waals surface area contributed by atoms with Crippen LogP contribution in [0, 0.1) is 22.7 Å². The fraction of sp³-hybridized carbons (Fsp3) is 0.318. The van der Waals surface area contributed by atoms with E-state index in [4.69, 9.17) is 10.00 Å². The van der Waals surface area contributed by atoms with Crippen LogP contribution in [0.15, 0.2) is 36.4 Å². The second kappa shape index (κ2) is 7.44. The normalized spacial score (nSPS) is 20.7. The molecule has 6 heteroatoms. The lowest BCUT2D eigenvalue weighted by atomic mass is 9.95. The molecule has 140 valence electrons. The molecule has 2 aliphatic rings. The highest BCUT2D eigenvalue weighted by Crippen LogP contribution is 2.34. The highest BCUT2D eigenvalue weighted by Gasteiger charge is 2.38. The number of hydrogen-bond donors (Lipinski definition) is 1. The lowest BCUT2D eigenvalue weighted by molar-refractivity contribution is 0.0711. The molecule has 0 aliphatic carbocycles. The van der Waals surface area contributed by atoms with Crippen LogP contribution in [0.25, 0.3) is 11.1 Å². The molecule has 4 rings (SSSR count). The molecular formula is C22H20N4O2. The van der Waals surface area contributed by atoms with Gasteiger partial charge in [-0.15, -0.1) is 0 Å². The molecule has 2 heterocycles. The molecule has 0 saturated carbocycles. The number of ether oxygens (including phenoxy) is 1. The number of amides is 1. The van der Waals surface area contributed by atoms with Crippen LogP contribution in [-0.4, -0.2) is 43.2 Å². The fourth-order valence-corrected chi connectivity index (χ4v) is 4.12. The fourth-order valence-electron chi connectivity index (χ4n) is 4.12. The molecule has 0 spiro atoms. The first kappa shape index (κ1) is 18.2. The zero-order chi connectivity index (χ0) is 19.7. The maximum absolute atomic E-state index is 13.1. The van der Waals surface area contributed by atoms with Gasteiger partial charge in [-0.3, -0.25) is 4.79 Å². The van der Waals surface area contributed by atoms with Crippen LogP contribution in [0.5, 0.6) is 0 Å². The molecule has 2 aromatic carbocycles. The maximum Gasteiger partial charge on any atom is 0.254 e. The van der Waals surface area contributed by atoms with Crippen molar-refractivity contribution in [2.45, 2.75) is 25.0 Å². The number of fused-ring (bicyclic) bond motifs is 1. The zero-order valence-corrected chi connectivity index (χ0v) is 15.6. The Morgan fingerprint density at radius 1 is 1.21 bits per heavy atom. The van der Waals surface area contributed by atoms with Crippen LogP contribution in [0.4, 0.5) is 0 Å². The summed E-state index contributed by atoms with van der Waals surface area (Å²) in [5.41, 5.74) is 4.06. The first-order chi connectivity index (χ1) is 13.6. The minimum absolute atomic E-state index is 0.0327. The molecule has 1 fully saturated rings. The standard InChI is InChI=1S/C22H20N4O2/c1-28-13-18-8-19(11-25-18)26-12-21-17(10-24)6-16(7-20(21)22(26)27)15-4-2-3-14(5-15)9-23/h2-7,18-19,25H,8,11-13H2,1H3/t18-,19+/m0/s1. The number of nitriles is 2. The monoisotopic (exact) mass is 372 g/mol. The summed E-state index contributed by atoms with van der Waals surface area (Å²) in [6, 6.07) is 15.6. The lowest BCUT2D eigenvalue weighted by Crippen LogP contribution is -2.36. The van der Waals surface area contributed by atoms with Crippen molar-refractivity contribution in [3.63, 3.8) is 0 Å². The SMILES string of the molecule is COC[C@@H]1C[C@@H](N2Cc3c(C#N)cc(-c4cccc(C#N)c4)cc3C2=O)CN1. The number of carbonyl (C=O) groups excluding carboxylic acids is 1. The van der Waals surface area contributed by atoms with E-state index >= 15 is 0 Å². The summed E-state index contributed by atoms with van der Waals surface area (Å²) in [6.45, 7) is 1.81. The quantitative estimate of drug-likeness (QED) is 0.890. The first-order valence-corrected chi connectivity index (χ1v) is 9.25. The Morgan fingerprint density at radius 2 is 2.07 bits per heavy atom. The van der Waals surface area contributed by atoms with Gasteiger partial charge in [0.25, 0.3) is 5.91 Å². The van der Waals surface area contributed by atoms with Crippen LogP contribution in [0.2, 0.25) is 0 Å². The van der Waals surface area contributed by atoms with Gasteiger partial charge in [0.1, 0.15) is 0 Å². The molecule has 0 unspecified atom stereocenters. The van der Waals surface area contributed by atoms with Gasteiger partial charge in [-0.05, 0) is 41.8 Å². The minimum atomic E-state index is -0.0327. The number of nitrogens with one attached hydrogen (secondary N) is 1. The molecule has 1 amide bonds. The number of methoxy groups -OCH3 is 1. The first-order valence-electron chi connectivity index (χ1n) is 9.25. The van der Waals surface area contributed by atoms with E-state index in [0.717, 1.165) is 29.7 Å². The third-order valence-corrected chi connectivity index (χ3v) is 5.52. The summed E-state index contributed by atoms with van der Waals surface area (Å²) in [6.07, 6.45) is 0.840. The highest BCUT2D eigenvalue weighted by atomic mass is 16.5. The van der Waals surface area contributed by atoms with E-state index in [2.05, 4.69) is 17.5 Å². The van der Waals surface area contributed by atoms with E-state index in [9.17, 15) is 10.1 Å². The number of hydrogen-bond acceptors (Lipinski definition) is 5. The van der Waals surface area contributed by atoms with E-state index in [1.165, 1.54) is 0 Å². The number of nitrogens with zero attached hydrogens (tertiary/aromatic N) is 3. The summed E-state index contributed by atoms with van der Waals surface area (Å²) < 4.78 is 5.21. The van der Waals surface area contributed by atoms with Gasteiger partial charge in [0.2, 0.25) is 0 Å². The molecular weight excluding hydrogens is 352 g/mol. The molecule has 2 aromatic rings. The Morgan fingerprint density at radius 3 is 2.82 bits per heavy atom. The van der Waals surface area contributed by atoms with Gasteiger partial charge in [-0.1, -0.05) is 12.1 Å². The molecule has 0 radical (unpaired) electrons. The smallest absolute Gasteiger partial charge is 0.254 e. The average Bonchev–Trinajstić information content (AvgIpc) is 3.32. The Hall–Kier alpha value is -3.19. The van der Waals surface area contributed by atoms with Gasteiger partial charge in [-0.2, -0.15) is 10.5 Å². The predicted octanol–water partition coefficient (Wildman–Crippen LogP) is 2.43. The van der Waals surface area contributed by atoms with Crippen molar-refractivity contribution >= 4 is 5.91 Å². The molecule has 0 aromatic heterocycles. The number of rotatable bonds is 4. The zero-order valence-electron chi connectivity index (χ0n) is 15.6. The number of carbonyl (C=O) groups is 1. The van der Waals surface area contributed by atoms with Gasteiger partial charge in [0.05, 0.1) is 29.9 Å². The number of benzene rings is 2. The largest absolute Gasteiger partial charge is 0.383 e. The van der Waals surface area contributed by atoms with Crippen molar-refractivity contribution in [3.8, 4) is 23.3 Å². The third kappa shape index (κ3) is 3.14. The minimum Gasteiger partial charge on any atom is -0.383 e.